The van der Waals surface area contributed by atoms with E-state index < -0.39 is 21.9 Å². The SMILES string of the molecule is COC(=O)c1cccc(NC(=O)[C@H]2CCCN(S(C)(=O)=O)C2)c1C. The highest BCUT2D eigenvalue weighted by Gasteiger charge is 2.30. The third-order valence-corrected chi connectivity index (χ3v) is 5.49. The van der Waals surface area contributed by atoms with Gasteiger partial charge in [0.05, 0.1) is 24.8 Å². The van der Waals surface area contributed by atoms with E-state index in [0.717, 1.165) is 6.26 Å². The number of ether oxygens (including phenoxy) is 1. The van der Waals surface area contributed by atoms with Crippen molar-refractivity contribution < 1.29 is 22.7 Å². The largest absolute Gasteiger partial charge is 0.465 e. The average molecular weight is 354 g/mol. The molecule has 1 amide bonds. The standard InChI is InChI=1S/C16H22N2O5S/c1-11-13(16(20)23-2)7-4-8-14(11)17-15(19)12-6-5-9-18(10-12)24(3,21)22/h4,7-8,12H,5-6,9-10H2,1-3H3,(H,17,19)/t12-/m0/s1. The Morgan fingerprint density at radius 2 is 2.04 bits per heavy atom. The van der Waals surface area contributed by atoms with E-state index in [9.17, 15) is 18.0 Å². The van der Waals surface area contributed by atoms with Crippen LogP contribution >= 0.6 is 0 Å². The van der Waals surface area contributed by atoms with Crippen LogP contribution in [-0.4, -0.2) is 51.1 Å². The van der Waals surface area contributed by atoms with Crippen LogP contribution in [0.2, 0.25) is 0 Å². The number of hydrogen-bond donors (Lipinski definition) is 1. The number of carbonyl (C=O) groups is 2. The molecule has 7 nitrogen and oxygen atoms in total. The highest BCUT2D eigenvalue weighted by atomic mass is 32.2. The van der Waals surface area contributed by atoms with Crippen LogP contribution in [0.15, 0.2) is 18.2 Å². The molecule has 132 valence electrons. The van der Waals surface area contributed by atoms with Crippen LogP contribution in [-0.2, 0) is 19.6 Å². The lowest BCUT2D eigenvalue weighted by Gasteiger charge is -2.30. The van der Waals surface area contributed by atoms with E-state index in [0.29, 0.717) is 36.2 Å². The molecule has 1 aromatic rings. The lowest BCUT2D eigenvalue weighted by molar-refractivity contribution is -0.120. The number of benzene rings is 1. The predicted molar refractivity (Wildman–Crippen MR) is 90.3 cm³/mol. The zero-order chi connectivity index (χ0) is 17.9. The average Bonchev–Trinajstić information content (AvgIpc) is 2.55. The van der Waals surface area contributed by atoms with Gasteiger partial charge in [-0.05, 0) is 37.5 Å². The van der Waals surface area contributed by atoms with Gasteiger partial charge in [0.1, 0.15) is 0 Å². The summed E-state index contributed by atoms with van der Waals surface area (Å²) in [5.41, 5.74) is 1.53. The van der Waals surface area contributed by atoms with Crippen LogP contribution in [0.3, 0.4) is 0 Å². The van der Waals surface area contributed by atoms with Crippen LogP contribution in [0, 0.1) is 12.8 Å². The number of rotatable bonds is 4. The lowest BCUT2D eigenvalue weighted by atomic mass is 9.98. The predicted octanol–water partition coefficient (Wildman–Crippen LogP) is 1.39. The Hall–Kier alpha value is -1.93. The molecule has 8 heteroatoms. The molecular formula is C16H22N2O5S. The number of carbonyl (C=O) groups excluding carboxylic acids is 2. The van der Waals surface area contributed by atoms with Gasteiger partial charge < -0.3 is 10.1 Å². The fraction of sp³-hybridized carbons (Fsp3) is 0.500. The Balaban J connectivity index is 2.14. The maximum atomic E-state index is 12.5. The summed E-state index contributed by atoms with van der Waals surface area (Å²) >= 11 is 0. The van der Waals surface area contributed by atoms with E-state index in [1.807, 2.05) is 0 Å². The number of hydrogen-bond acceptors (Lipinski definition) is 5. The van der Waals surface area contributed by atoms with Gasteiger partial charge >= 0.3 is 5.97 Å². The van der Waals surface area contributed by atoms with E-state index in [2.05, 4.69) is 5.32 Å². The Kier molecular flexibility index (Phi) is 5.61. The zero-order valence-corrected chi connectivity index (χ0v) is 14.9. The molecule has 0 aromatic heterocycles. The summed E-state index contributed by atoms with van der Waals surface area (Å²) in [6.45, 7) is 2.35. The molecule has 1 fully saturated rings. The molecule has 1 aliphatic heterocycles. The molecule has 1 heterocycles. The van der Waals surface area contributed by atoms with Crippen LogP contribution in [0.1, 0.15) is 28.8 Å². The Bertz CT molecular complexity index is 745. The second kappa shape index (κ2) is 7.31. The van der Waals surface area contributed by atoms with Crippen molar-refractivity contribution in [1.29, 1.82) is 0 Å². The lowest BCUT2D eigenvalue weighted by Crippen LogP contribution is -2.43. The molecule has 1 N–H and O–H groups in total. The van der Waals surface area contributed by atoms with Gasteiger partial charge in [0.25, 0.3) is 0 Å². The first-order chi connectivity index (χ1) is 11.2. The second-order valence-corrected chi connectivity index (χ2v) is 7.90. The van der Waals surface area contributed by atoms with Crippen LogP contribution in [0.25, 0.3) is 0 Å². The molecule has 1 aromatic carbocycles. The summed E-state index contributed by atoms with van der Waals surface area (Å²) in [5, 5.41) is 2.80. The molecule has 0 spiro atoms. The number of esters is 1. The first kappa shape index (κ1) is 18.4. The molecule has 0 radical (unpaired) electrons. The molecule has 1 atom stereocenters. The zero-order valence-electron chi connectivity index (χ0n) is 14.0. The summed E-state index contributed by atoms with van der Waals surface area (Å²) in [5.74, 6) is -1.12. The van der Waals surface area contributed by atoms with E-state index in [1.165, 1.54) is 11.4 Å². The quantitative estimate of drug-likeness (QED) is 0.825. The van der Waals surface area contributed by atoms with Crippen molar-refractivity contribution in [2.75, 3.05) is 31.8 Å². The van der Waals surface area contributed by atoms with Gasteiger partial charge in [-0.3, -0.25) is 4.79 Å². The minimum Gasteiger partial charge on any atom is -0.465 e. The van der Waals surface area contributed by atoms with E-state index in [4.69, 9.17) is 4.74 Å². The summed E-state index contributed by atoms with van der Waals surface area (Å²) < 4.78 is 29.4. The van der Waals surface area contributed by atoms with Crippen molar-refractivity contribution in [1.82, 2.24) is 4.31 Å². The van der Waals surface area contributed by atoms with Crippen LogP contribution in [0.4, 0.5) is 5.69 Å². The molecule has 1 saturated heterocycles. The summed E-state index contributed by atoms with van der Waals surface area (Å²) in [4.78, 5) is 24.2. The maximum absolute atomic E-state index is 12.5. The van der Waals surface area contributed by atoms with Crippen molar-refractivity contribution in [2.45, 2.75) is 19.8 Å². The van der Waals surface area contributed by atoms with E-state index in [1.54, 1.807) is 25.1 Å². The van der Waals surface area contributed by atoms with Crippen molar-refractivity contribution in [3.63, 3.8) is 0 Å². The monoisotopic (exact) mass is 354 g/mol. The molecule has 1 aliphatic rings. The molecule has 24 heavy (non-hydrogen) atoms. The first-order valence-corrected chi connectivity index (χ1v) is 9.52. The van der Waals surface area contributed by atoms with E-state index in [-0.39, 0.29) is 12.5 Å². The smallest absolute Gasteiger partial charge is 0.338 e. The van der Waals surface area contributed by atoms with E-state index >= 15 is 0 Å². The normalized spacial score (nSPS) is 18.9. The molecule has 0 saturated carbocycles. The highest BCUT2D eigenvalue weighted by molar-refractivity contribution is 7.88. The number of methoxy groups -OCH3 is 1. The summed E-state index contributed by atoms with van der Waals surface area (Å²) in [6, 6.07) is 5.00. The molecular weight excluding hydrogens is 332 g/mol. The number of anilines is 1. The maximum Gasteiger partial charge on any atom is 0.338 e. The molecule has 0 unspecified atom stereocenters. The fourth-order valence-corrected chi connectivity index (χ4v) is 3.71. The van der Waals surface area contributed by atoms with Crippen molar-refractivity contribution in [3.05, 3.63) is 29.3 Å². The summed E-state index contributed by atoms with van der Waals surface area (Å²) in [7, 11) is -2.00. The Morgan fingerprint density at radius 3 is 2.67 bits per heavy atom. The Labute approximate surface area is 142 Å². The molecule has 2 rings (SSSR count). The molecule has 0 aliphatic carbocycles. The van der Waals surface area contributed by atoms with Crippen LogP contribution in [0.5, 0.6) is 0 Å². The number of sulfonamides is 1. The van der Waals surface area contributed by atoms with Crippen molar-refractivity contribution in [2.24, 2.45) is 5.92 Å². The first-order valence-electron chi connectivity index (χ1n) is 7.68. The number of amides is 1. The minimum absolute atomic E-state index is 0.181. The Morgan fingerprint density at radius 1 is 1.33 bits per heavy atom. The van der Waals surface area contributed by atoms with Gasteiger partial charge in [-0.1, -0.05) is 6.07 Å². The van der Waals surface area contributed by atoms with Gasteiger partial charge in [0.2, 0.25) is 15.9 Å². The van der Waals surface area contributed by atoms with Gasteiger partial charge in [-0.2, -0.15) is 0 Å². The minimum atomic E-state index is -3.30. The second-order valence-electron chi connectivity index (χ2n) is 5.92. The highest BCUT2D eigenvalue weighted by Crippen LogP contribution is 2.23. The third kappa shape index (κ3) is 4.12. The van der Waals surface area contributed by atoms with Gasteiger partial charge in [0, 0.05) is 18.8 Å². The van der Waals surface area contributed by atoms with Gasteiger partial charge in [0.15, 0.2) is 0 Å². The fourth-order valence-electron chi connectivity index (χ4n) is 2.79. The van der Waals surface area contributed by atoms with Crippen molar-refractivity contribution >= 4 is 27.6 Å². The number of nitrogens with one attached hydrogen (secondary N) is 1. The van der Waals surface area contributed by atoms with Gasteiger partial charge in [-0.25, -0.2) is 17.5 Å². The van der Waals surface area contributed by atoms with Gasteiger partial charge in [-0.15, -0.1) is 0 Å². The number of piperidine rings is 1. The number of nitrogens with zero attached hydrogens (tertiary/aromatic N) is 1. The van der Waals surface area contributed by atoms with Crippen LogP contribution < -0.4 is 5.32 Å². The third-order valence-electron chi connectivity index (χ3n) is 4.22. The molecule has 0 bridgehead atoms. The van der Waals surface area contributed by atoms with Crippen molar-refractivity contribution in [3.8, 4) is 0 Å². The topological polar surface area (TPSA) is 92.8 Å². The summed E-state index contributed by atoms with van der Waals surface area (Å²) in [6.07, 6.45) is 2.43.